The maximum atomic E-state index is 11.5. The highest BCUT2D eigenvalue weighted by molar-refractivity contribution is 9.10. The first-order valence-electron chi connectivity index (χ1n) is 4.16. The molecule has 1 aromatic rings. The Labute approximate surface area is 94.6 Å². The van der Waals surface area contributed by atoms with Crippen LogP contribution in [0.15, 0.2) is 22.9 Å². The lowest BCUT2D eigenvalue weighted by atomic mass is 10.2. The van der Waals surface area contributed by atoms with Gasteiger partial charge in [-0.2, -0.15) is 0 Å². The number of aliphatic carboxylic acids is 1. The van der Waals surface area contributed by atoms with Gasteiger partial charge < -0.3 is 10.4 Å². The normalized spacial score (nSPS) is 11.9. The summed E-state index contributed by atoms with van der Waals surface area (Å²) >= 11 is 3.10. The third-order valence-corrected chi connectivity index (χ3v) is 2.35. The highest BCUT2D eigenvalue weighted by atomic mass is 79.9. The topological polar surface area (TPSA) is 79.3 Å². The molecule has 2 N–H and O–H groups in total. The molecule has 0 fully saturated rings. The lowest BCUT2D eigenvalue weighted by Crippen LogP contribution is -2.38. The largest absolute Gasteiger partial charge is 0.480 e. The van der Waals surface area contributed by atoms with Crippen molar-refractivity contribution in [2.75, 3.05) is 0 Å². The van der Waals surface area contributed by atoms with Gasteiger partial charge in [0.1, 0.15) is 10.6 Å². The number of aromatic nitrogens is 1. The summed E-state index contributed by atoms with van der Waals surface area (Å²) in [6.07, 6.45) is 1.53. The van der Waals surface area contributed by atoms with Crippen LogP contribution in [-0.2, 0) is 4.79 Å². The van der Waals surface area contributed by atoms with Crippen molar-refractivity contribution in [3.8, 4) is 0 Å². The molecule has 0 radical (unpaired) electrons. The van der Waals surface area contributed by atoms with Gasteiger partial charge in [0.2, 0.25) is 0 Å². The molecular weight excluding hydrogens is 264 g/mol. The summed E-state index contributed by atoms with van der Waals surface area (Å²) in [6, 6.07) is 2.23. The van der Waals surface area contributed by atoms with Crippen molar-refractivity contribution in [1.29, 1.82) is 0 Å². The molecule has 0 saturated carbocycles. The van der Waals surface area contributed by atoms with Crippen molar-refractivity contribution >= 4 is 27.8 Å². The Bertz CT molecular complexity index is 395. The molecule has 1 rings (SSSR count). The minimum atomic E-state index is -1.08. The Morgan fingerprint density at radius 3 is 2.80 bits per heavy atom. The van der Waals surface area contributed by atoms with Crippen LogP contribution in [0.4, 0.5) is 0 Å². The minimum absolute atomic E-state index is 0.311. The van der Waals surface area contributed by atoms with Crippen molar-refractivity contribution in [2.24, 2.45) is 0 Å². The molecule has 0 aliphatic heterocycles. The smallest absolute Gasteiger partial charge is 0.325 e. The van der Waals surface area contributed by atoms with Crippen molar-refractivity contribution in [2.45, 2.75) is 13.0 Å². The molecule has 0 unspecified atom stereocenters. The Hall–Kier alpha value is -1.43. The molecule has 0 aromatic carbocycles. The number of amides is 1. The summed E-state index contributed by atoms with van der Waals surface area (Å²) in [5.41, 5.74) is 0.311. The predicted molar refractivity (Wildman–Crippen MR) is 56.5 cm³/mol. The van der Waals surface area contributed by atoms with Crippen molar-refractivity contribution in [3.05, 3.63) is 28.5 Å². The van der Waals surface area contributed by atoms with E-state index in [1.54, 1.807) is 12.1 Å². The van der Waals surface area contributed by atoms with Gasteiger partial charge in [-0.3, -0.25) is 9.59 Å². The molecule has 6 heteroatoms. The summed E-state index contributed by atoms with van der Waals surface area (Å²) in [5.74, 6) is -1.55. The van der Waals surface area contributed by atoms with Gasteiger partial charge >= 0.3 is 5.97 Å². The van der Waals surface area contributed by atoms with Gasteiger partial charge in [0.15, 0.2) is 0 Å². The molecule has 80 valence electrons. The fraction of sp³-hybridized carbons (Fsp3) is 0.222. The summed E-state index contributed by atoms with van der Waals surface area (Å²) in [7, 11) is 0. The number of halogens is 1. The lowest BCUT2D eigenvalue weighted by molar-refractivity contribution is -0.138. The monoisotopic (exact) mass is 272 g/mol. The number of pyridine rings is 1. The zero-order valence-corrected chi connectivity index (χ0v) is 9.48. The Balaban J connectivity index is 2.78. The molecule has 1 atom stereocenters. The molecule has 15 heavy (non-hydrogen) atoms. The van der Waals surface area contributed by atoms with E-state index in [-0.39, 0.29) is 0 Å². The molecule has 1 heterocycles. The van der Waals surface area contributed by atoms with Crippen LogP contribution < -0.4 is 5.32 Å². The first kappa shape index (κ1) is 11.6. The number of carboxylic acid groups (broad SMARTS) is 1. The van der Waals surface area contributed by atoms with E-state index in [2.05, 4.69) is 26.2 Å². The molecule has 0 bridgehead atoms. The number of carbonyl (C=O) groups excluding carboxylic acids is 1. The van der Waals surface area contributed by atoms with Gasteiger partial charge in [-0.1, -0.05) is 0 Å². The van der Waals surface area contributed by atoms with E-state index in [0.717, 1.165) is 0 Å². The number of carboxylic acids is 1. The van der Waals surface area contributed by atoms with Crippen LogP contribution in [0.25, 0.3) is 0 Å². The van der Waals surface area contributed by atoms with Gasteiger partial charge in [-0.05, 0) is 35.0 Å². The third-order valence-electron chi connectivity index (χ3n) is 1.72. The first-order valence-corrected chi connectivity index (χ1v) is 4.96. The molecule has 0 spiro atoms. The molecule has 0 saturated heterocycles. The zero-order chi connectivity index (χ0) is 11.4. The Morgan fingerprint density at radius 1 is 1.60 bits per heavy atom. The second kappa shape index (κ2) is 4.88. The van der Waals surface area contributed by atoms with E-state index >= 15 is 0 Å². The van der Waals surface area contributed by atoms with Gasteiger partial charge in [0, 0.05) is 6.20 Å². The molecule has 1 aromatic heterocycles. The summed E-state index contributed by atoms with van der Waals surface area (Å²) < 4.78 is 0.389. The van der Waals surface area contributed by atoms with Crippen molar-refractivity contribution in [1.82, 2.24) is 10.3 Å². The van der Waals surface area contributed by atoms with Crippen LogP contribution in [-0.4, -0.2) is 28.0 Å². The lowest BCUT2D eigenvalue weighted by Gasteiger charge is -2.09. The Kier molecular flexibility index (Phi) is 3.79. The molecule has 1 amide bonds. The minimum Gasteiger partial charge on any atom is -0.480 e. The molecule has 0 aliphatic rings. The van der Waals surface area contributed by atoms with E-state index in [0.29, 0.717) is 10.2 Å². The summed E-state index contributed by atoms with van der Waals surface area (Å²) in [5, 5.41) is 10.9. The van der Waals surface area contributed by atoms with Crippen LogP contribution in [0.1, 0.15) is 17.3 Å². The average Bonchev–Trinajstić information content (AvgIpc) is 2.18. The number of carbonyl (C=O) groups is 2. The number of hydrogen-bond acceptors (Lipinski definition) is 3. The van der Waals surface area contributed by atoms with Gasteiger partial charge in [0.05, 0.1) is 5.56 Å². The zero-order valence-electron chi connectivity index (χ0n) is 7.90. The SMILES string of the molecule is C[C@H](NC(=O)c1cccnc1Br)C(=O)O. The van der Waals surface area contributed by atoms with E-state index in [9.17, 15) is 9.59 Å². The average molecular weight is 273 g/mol. The fourth-order valence-corrected chi connectivity index (χ4v) is 1.32. The second-order valence-corrected chi connectivity index (χ2v) is 3.63. The van der Waals surface area contributed by atoms with Crippen LogP contribution >= 0.6 is 15.9 Å². The Morgan fingerprint density at radius 2 is 2.27 bits per heavy atom. The second-order valence-electron chi connectivity index (χ2n) is 2.88. The number of nitrogens with zero attached hydrogens (tertiary/aromatic N) is 1. The number of rotatable bonds is 3. The summed E-state index contributed by atoms with van der Waals surface area (Å²) in [6.45, 7) is 1.39. The van der Waals surface area contributed by atoms with E-state index < -0.39 is 17.9 Å². The maximum absolute atomic E-state index is 11.5. The number of hydrogen-bond donors (Lipinski definition) is 2. The van der Waals surface area contributed by atoms with E-state index in [1.807, 2.05) is 0 Å². The highest BCUT2D eigenvalue weighted by Crippen LogP contribution is 2.12. The van der Waals surface area contributed by atoms with E-state index in [1.165, 1.54) is 13.1 Å². The standard InChI is InChI=1S/C9H9BrN2O3/c1-5(9(14)15)12-8(13)6-3-2-4-11-7(6)10/h2-5H,1H3,(H,12,13)(H,14,15)/t5-/m0/s1. The van der Waals surface area contributed by atoms with Crippen molar-refractivity contribution < 1.29 is 14.7 Å². The first-order chi connectivity index (χ1) is 7.02. The van der Waals surface area contributed by atoms with Crippen LogP contribution in [0.3, 0.4) is 0 Å². The van der Waals surface area contributed by atoms with Gasteiger partial charge in [-0.25, -0.2) is 4.98 Å². The van der Waals surface area contributed by atoms with Crippen LogP contribution in [0, 0.1) is 0 Å². The third kappa shape index (κ3) is 3.02. The molecular formula is C9H9BrN2O3. The van der Waals surface area contributed by atoms with Gasteiger partial charge in [0.25, 0.3) is 5.91 Å². The van der Waals surface area contributed by atoms with E-state index in [4.69, 9.17) is 5.11 Å². The van der Waals surface area contributed by atoms with Crippen LogP contribution in [0.2, 0.25) is 0 Å². The fourth-order valence-electron chi connectivity index (χ4n) is 0.892. The number of nitrogens with one attached hydrogen (secondary N) is 1. The molecule has 0 aliphatic carbocycles. The summed E-state index contributed by atoms with van der Waals surface area (Å²) in [4.78, 5) is 25.9. The predicted octanol–water partition coefficient (Wildman–Crippen LogP) is 1.05. The quantitative estimate of drug-likeness (QED) is 0.807. The highest BCUT2D eigenvalue weighted by Gasteiger charge is 2.16. The van der Waals surface area contributed by atoms with Gasteiger partial charge in [-0.15, -0.1) is 0 Å². The maximum Gasteiger partial charge on any atom is 0.325 e. The van der Waals surface area contributed by atoms with Crippen molar-refractivity contribution in [3.63, 3.8) is 0 Å². The van der Waals surface area contributed by atoms with Crippen LogP contribution in [0.5, 0.6) is 0 Å². The molecule has 5 nitrogen and oxygen atoms in total.